The van der Waals surface area contributed by atoms with E-state index in [0.29, 0.717) is 17.8 Å². The van der Waals surface area contributed by atoms with Crippen molar-refractivity contribution in [1.82, 2.24) is 0 Å². The van der Waals surface area contributed by atoms with Gasteiger partial charge >= 0.3 is 0 Å². The summed E-state index contributed by atoms with van der Waals surface area (Å²) < 4.78 is 11.2. The summed E-state index contributed by atoms with van der Waals surface area (Å²) in [6, 6.07) is 0. The molecule has 3 nitrogen and oxygen atoms in total. The molecule has 0 aromatic rings. The fourth-order valence-corrected chi connectivity index (χ4v) is 3.44. The zero-order valence-corrected chi connectivity index (χ0v) is 11.3. The summed E-state index contributed by atoms with van der Waals surface area (Å²) in [6.45, 7) is 8.13. The standard InChI is InChI=1S/C14H26O3/c1-9-10(2)17-11(3)14(9)13(15)8-12-4-6-16-7-5-12/h9-15H,4-8H2,1-3H3. The van der Waals surface area contributed by atoms with Crippen LogP contribution >= 0.6 is 0 Å². The zero-order chi connectivity index (χ0) is 12.4. The predicted molar refractivity (Wildman–Crippen MR) is 66.8 cm³/mol. The van der Waals surface area contributed by atoms with Crippen LogP contribution < -0.4 is 0 Å². The van der Waals surface area contributed by atoms with E-state index in [2.05, 4.69) is 20.8 Å². The Hall–Kier alpha value is -0.120. The van der Waals surface area contributed by atoms with Crippen LogP contribution in [-0.2, 0) is 9.47 Å². The van der Waals surface area contributed by atoms with Crippen LogP contribution in [0.2, 0.25) is 0 Å². The van der Waals surface area contributed by atoms with Crippen LogP contribution in [0.4, 0.5) is 0 Å². The summed E-state index contributed by atoms with van der Waals surface area (Å²) in [5, 5.41) is 10.4. The van der Waals surface area contributed by atoms with Crippen LogP contribution in [0.25, 0.3) is 0 Å². The van der Waals surface area contributed by atoms with Gasteiger partial charge in [0.25, 0.3) is 0 Å². The van der Waals surface area contributed by atoms with E-state index in [1.807, 2.05) is 0 Å². The Balaban J connectivity index is 1.88. The first-order valence-corrected chi connectivity index (χ1v) is 7.01. The van der Waals surface area contributed by atoms with Gasteiger partial charge in [0.2, 0.25) is 0 Å². The summed E-state index contributed by atoms with van der Waals surface area (Å²) >= 11 is 0. The lowest BCUT2D eigenvalue weighted by molar-refractivity contribution is -0.000294. The third kappa shape index (κ3) is 3.01. The molecule has 3 heteroatoms. The van der Waals surface area contributed by atoms with E-state index in [1.165, 1.54) is 0 Å². The van der Waals surface area contributed by atoms with Crippen LogP contribution in [0.5, 0.6) is 0 Å². The van der Waals surface area contributed by atoms with E-state index in [-0.39, 0.29) is 18.3 Å². The molecule has 2 fully saturated rings. The molecule has 0 amide bonds. The highest BCUT2D eigenvalue weighted by molar-refractivity contribution is 4.89. The molecule has 0 saturated carbocycles. The van der Waals surface area contributed by atoms with E-state index < -0.39 is 0 Å². The van der Waals surface area contributed by atoms with Gasteiger partial charge in [-0.2, -0.15) is 0 Å². The van der Waals surface area contributed by atoms with Crippen LogP contribution in [0.15, 0.2) is 0 Å². The lowest BCUT2D eigenvalue weighted by atomic mass is 9.80. The number of ether oxygens (including phenoxy) is 2. The Bertz CT molecular complexity index is 238. The molecular formula is C14H26O3. The van der Waals surface area contributed by atoms with Crippen molar-refractivity contribution in [3.8, 4) is 0 Å². The van der Waals surface area contributed by atoms with Crippen molar-refractivity contribution in [1.29, 1.82) is 0 Å². The van der Waals surface area contributed by atoms with Crippen molar-refractivity contribution in [2.45, 2.75) is 58.3 Å². The van der Waals surface area contributed by atoms with Gasteiger partial charge in [-0.05, 0) is 44.9 Å². The second-order valence-electron chi connectivity index (χ2n) is 5.84. The monoisotopic (exact) mass is 242 g/mol. The molecule has 5 unspecified atom stereocenters. The molecule has 17 heavy (non-hydrogen) atoms. The van der Waals surface area contributed by atoms with Gasteiger partial charge in [-0.25, -0.2) is 0 Å². The molecule has 1 N–H and O–H groups in total. The number of hydrogen-bond acceptors (Lipinski definition) is 3. The predicted octanol–water partition coefficient (Wildman–Crippen LogP) is 2.22. The molecule has 0 aromatic carbocycles. The second-order valence-corrected chi connectivity index (χ2v) is 5.84. The highest BCUT2D eigenvalue weighted by atomic mass is 16.5. The second kappa shape index (κ2) is 5.68. The van der Waals surface area contributed by atoms with E-state index >= 15 is 0 Å². The topological polar surface area (TPSA) is 38.7 Å². The molecule has 0 bridgehead atoms. The van der Waals surface area contributed by atoms with Gasteiger partial charge in [0.1, 0.15) is 0 Å². The molecule has 2 aliphatic heterocycles. The molecule has 0 aromatic heterocycles. The number of aliphatic hydroxyl groups is 1. The molecule has 2 saturated heterocycles. The maximum Gasteiger partial charge on any atom is 0.0607 e. The van der Waals surface area contributed by atoms with Gasteiger partial charge in [-0.15, -0.1) is 0 Å². The Morgan fingerprint density at radius 1 is 1.12 bits per heavy atom. The Morgan fingerprint density at radius 3 is 2.29 bits per heavy atom. The minimum Gasteiger partial charge on any atom is -0.393 e. The van der Waals surface area contributed by atoms with Gasteiger partial charge in [0, 0.05) is 19.1 Å². The fourth-order valence-electron chi connectivity index (χ4n) is 3.44. The summed E-state index contributed by atoms with van der Waals surface area (Å²) in [5.74, 6) is 1.39. The lowest BCUT2D eigenvalue weighted by Gasteiger charge is -2.29. The van der Waals surface area contributed by atoms with Crippen LogP contribution in [0.1, 0.15) is 40.0 Å². The average molecular weight is 242 g/mol. The van der Waals surface area contributed by atoms with Gasteiger partial charge < -0.3 is 14.6 Å². The molecule has 0 radical (unpaired) electrons. The van der Waals surface area contributed by atoms with Crippen molar-refractivity contribution in [2.75, 3.05) is 13.2 Å². The van der Waals surface area contributed by atoms with Crippen molar-refractivity contribution in [3.05, 3.63) is 0 Å². The first kappa shape index (κ1) is 13.3. The normalized spacial score (nSPS) is 41.6. The van der Waals surface area contributed by atoms with E-state index in [1.54, 1.807) is 0 Å². The molecular weight excluding hydrogens is 216 g/mol. The Labute approximate surface area is 104 Å². The number of rotatable bonds is 3. The molecule has 2 heterocycles. The zero-order valence-electron chi connectivity index (χ0n) is 11.3. The van der Waals surface area contributed by atoms with Gasteiger partial charge in [0.05, 0.1) is 18.3 Å². The molecule has 100 valence electrons. The third-order valence-electron chi connectivity index (χ3n) is 4.68. The van der Waals surface area contributed by atoms with Crippen molar-refractivity contribution >= 4 is 0 Å². The van der Waals surface area contributed by atoms with Crippen LogP contribution in [0, 0.1) is 17.8 Å². The SMILES string of the molecule is CC1OC(C)C(C(O)CC2CCOCC2)C1C. The molecule has 0 aliphatic carbocycles. The van der Waals surface area contributed by atoms with Crippen molar-refractivity contribution in [2.24, 2.45) is 17.8 Å². The molecule has 5 atom stereocenters. The summed E-state index contributed by atoms with van der Waals surface area (Å²) in [4.78, 5) is 0. The summed E-state index contributed by atoms with van der Waals surface area (Å²) in [6.07, 6.45) is 3.37. The van der Waals surface area contributed by atoms with Gasteiger partial charge in [-0.3, -0.25) is 0 Å². The minimum absolute atomic E-state index is 0.190. The molecule has 0 spiro atoms. The van der Waals surface area contributed by atoms with E-state index in [4.69, 9.17) is 9.47 Å². The van der Waals surface area contributed by atoms with Crippen molar-refractivity contribution < 1.29 is 14.6 Å². The van der Waals surface area contributed by atoms with Gasteiger partial charge in [0.15, 0.2) is 0 Å². The highest BCUT2D eigenvalue weighted by Crippen LogP contribution is 2.37. The Morgan fingerprint density at radius 2 is 1.76 bits per heavy atom. The maximum absolute atomic E-state index is 10.4. The summed E-state index contributed by atoms with van der Waals surface area (Å²) in [7, 11) is 0. The summed E-state index contributed by atoms with van der Waals surface area (Å²) in [5.41, 5.74) is 0. The first-order valence-electron chi connectivity index (χ1n) is 7.01. The van der Waals surface area contributed by atoms with E-state index in [9.17, 15) is 5.11 Å². The minimum atomic E-state index is -0.215. The first-order chi connectivity index (χ1) is 8.09. The van der Waals surface area contributed by atoms with E-state index in [0.717, 1.165) is 32.5 Å². The smallest absolute Gasteiger partial charge is 0.0607 e. The van der Waals surface area contributed by atoms with Crippen molar-refractivity contribution in [3.63, 3.8) is 0 Å². The maximum atomic E-state index is 10.4. The quantitative estimate of drug-likeness (QED) is 0.824. The number of hydrogen-bond donors (Lipinski definition) is 1. The lowest BCUT2D eigenvalue weighted by Crippen LogP contribution is -2.33. The average Bonchev–Trinajstić information content (AvgIpc) is 2.54. The largest absolute Gasteiger partial charge is 0.393 e. The third-order valence-corrected chi connectivity index (χ3v) is 4.68. The molecule has 2 aliphatic rings. The highest BCUT2D eigenvalue weighted by Gasteiger charge is 2.41. The van der Waals surface area contributed by atoms with Crippen LogP contribution in [-0.4, -0.2) is 36.6 Å². The Kier molecular flexibility index (Phi) is 4.45. The number of aliphatic hydroxyl groups excluding tert-OH is 1. The molecule has 2 rings (SSSR count). The van der Waals surface area contributed by atoms with Gasteiger partial charge in [-0.1, -0.05) is 6.92 Å². The fraction of sp³-hybridized carbons (Fsp3) is 1.00. The van der Waals surface area contributed by atoms with Crippen LogP contribution in [0.3, 0.4) is 0 Å².